The molecule has 0 aliphatic heterocycles. The minimum absolute atomic E-state index is 0.0000783. The highest BCUT2D eigenvalue weighted by Gasteiger charge is 2.16. The first-order valence-corrected chi connectivity index (χ1v) is 8.34. The third kappa shape index (κ3) is 3.47. The van der Waals surface area contributed by atoms with Gasteiger partial charge in [-0.3, -0.25) is 9.59 Å². The molecule has 4 nitrogen and oxygen atoms in total. The van der Waals surface area contributed by atoms with Gasteiger partial charge in [-0.25, -0.2) is 0 Å². The topological polar surface area (TPSA) is 42.3 Å². The summed E-state index contributed by atoms with van der Waals surface area (Å²) in [4.78, 5) is 26.1. The summed E-state index contributed by atoms with van der Waals surface area (Å²) >= 11 is 1.18. The Labute approximate surface area is 135 Å². The summed E-state index contributed by atoms with van der Waals surface area (Å²) in [6.45, 7) is 8.97. The Bertz CT molecular complexity index is 731. The van der Waals surface area contributed by atoms with Crippen LogP contribution in [0.4, 0.5) is 5.69 Å². The van der Waals surface area contributed by atoms with Crippen molar-refractivity contribution in [3.05, 3.63) is 50.1 Å². The first-order chi connectivity index (χ1) is 10.4. The molecule has 0 unspecified atom stereocenters. The number of nitrogens with zero attached hydrogens (tertiary/aromatic N) is 2. The molecule has 2 aromatic rings. The normalized spacial score (nSPS) is 10.7. The average Bonchev–Trinajstić information content (AvgIpc) is 2.80. The number of thiazole rings is 1. The molecule has 0 saturated heterocycles. The summed E-state index contributed by atoms with van der Waals surface area (Å²) in [7, 11) is 0. The quantitative estimate of drug-likeness (QED) is 0.849. The lowest BCUT2D eigenvalue weighted by Crippen LogP contribution is -2.32. The predicted octanol–water partition coefficient (Wildman–Crippen LogP) is 3.28. The molecule has 0 aliphatic rings. The van der Waals surface area contributed by atoms with Gasteiger partial charge in [-0.2, -0.15) is 0 Å². The second-order valence-corrected chi connectivity index (χ2v) is 6.29. The minimum atomic E-state index is 0.0000783. The lowest BCUT2D eigenvalue weighted by molar-refractivity contribution is -0.118. The van der Waals surface area contributed by atoms with Gasteiger partial charge in [0, 0.05) is 36.3 Å². The molecule has 0 saturated carbocycles. The van der Waals surface area contributed by atoms with Crippen LogP contribution in [0.5, 0.6) is 0 Å². The zero-order valence-corrected chi connectivity index (χ0v) is 14.4. The average molecular weight is 318 g/mol. The lowest BCUT2D eigenvalue weighted by atomic mass is 10.1. The predicted molar refractivity (Wildman–Crippen MR) is 91.9 cm³/mol. The van der Waals surface area contributed by atoms with Crippen LogP contribution in [0.2, 0.25) is 0 Å². The van der Waals surface area contributed by atoms with Crippen molar-refractivity contribution in [3.63, 3.8) is 0 Å². The van der Waals surface area contributed by atoms with E-state index in [4.69, 9.17) is 0 Å². The fourth-order valence-corrected chi connectivity index (χ4v) is 3.27. The van der Waals surface area contributed by atoms with Crippen molar-refractivity contribution in [1.82, 2.24) is 4.57 Å². The van der Waals surface area contributed by atoms with Crippen LogP contribution in [0.15, 0.2) is 28.4 Å². The fourth-order valence-electron chi connectivity index (χ4n) is 2.51. The summed E-state index contributed by atoms with van der Waals surface area (Å²) in [5.74, 6) is 0.0497. The van der Waals surface area contributed by atoms with Crippen molar-refractivity contribution in [2.75, 3.05) is 11.4 Å². The largest absolute Gasteiger partial charge is 0.312 e. The van der Waals surface area contributed by atoms with Crippen LogP contribution in [-0.4, -0.2) is 17.0 Å². The molecule has 1 amide bonds. The Hall–Kier alpha value is -1.88. The first kappa shape index (κ1) is 16.5. The summed E-state index contributed by atoms with van der Waals surface area (Å²) in [6.07, 6.45) is 0.332. The maximum Gasteiger partial charge on any atom is 0.307 e. The zero-order chi connectivity index (χ0) is 16.3. The molecule has 1 aromatic heterocycles. The number of benzene rings is 1. The number of aryl methyl sites for hydroxylation is 3. The molecule has 0 bridgehead atoms. The highest BCUT2D eigenvalue weighted by Crippen LogP contribution is 2.22. The molecular formula is C17H22N2O2S. The van der Waals surface area contributed by atoms with Gasteiger partial charge in [-0.05, 0) is 44.9 Å². The number of anilines is 1. The molecule has 118 valence electrons. The van der Waals surface area contributed by atoms with E-state index in [1.165, 1.54) is 11.3 Å². The van der Waals surface area contributed by atoms with Gasteiger partial charge in [0.05, 0.1) is 0 Å². The maximum atomic E-state index is 12.6. The summed E-state index contributed by atoms with van der Waals surface area (Å²) in [5, 5.41) is 1.83. The van der Waals surface area contributed by atoms with E-state index in [2.05, 4.69) is 0 Å². The van der Waals surface area contributed by atoms with Gasteiger partial charge in [0.25, 0.3) is 0 Å². The van der Waals surface area contributed by atoms with E-state index in [0.717, 1.165) is 22.5 Å². The second-order valence-electron chi connectivity index (χ2n) is 5.47. The van der Waals surface area contributed by atoms with E-state index in [1.807, 2.05) is 51.3 Å². The van der Waals surface area contributed by atoms with E-state index in [1.54, 1.807) is 9.47 Å². The molecule has 0 N–H and O–H groups in total. The highest BCUT2D eigenvalue weighted by molar-refractivity contribution is 7.07. The molecule has 0 fully saturated rings. The molecule has 0 spiro atoms. The van der Waals surface area contributed by atoms with Crippen LogP contribution in [0.3, 0.4) is 0 Å². The number of hydrogen-bond acceptors (Lipinski definition) is 3. The van der Waals surface area contributed by atoms with Gasteiger partial charge in [0.2, 0.25) is 5.91 Å². The monoisotopic (exact) mass is 318 g/mol. The molecule has 2 rings (SSSR count). The molecule has 22 heavy (non-hydrogen) atoms. The van der Waals surface area contributed by atoms with Crippen LogP contribution in [-0.2, 0) is 11.3 Å². The Morgan fingerprint density at radius 1 is 1.27 bits per heavy atom. The number of hydrogen-bond donors (Lipinski definition) is 0. The maximum absolute atomic E-state index is 12.6. The van der Waals surface area contributed by atoms with Crippen LogP contribution in [0, 0.1) is 20.8 Å². The van der Waals surface area contributed by atoms with Gasteiger partial charge in [0.1, 0.15) is 0 Å². The Morgan fingerprint density at radius 2 is 2.00 bits per heavy atom. The fraction of sp³-hybridized carbons (Fsp3) is 0.412. The van der Waals surface area contributed by atoms with E-state index < -0.39 is 0 Å². The van der Waals surface area contributed by atoms with E-state index in [9.17, 15) is 9.59 Å². The van der Waals surface area contributed by atoms with Crippen molar-refractivity contribution >= 4 is 22.9 Å². The first-order valence-electron chi connectivity index (χ1n) is 7.46. The van der Waals surface area contributed by atoms with Crippen molar-refractivity contribution in [2.45, 2.75) is 40.7 Å². The van der Waals surface area contributed by atoms with E-state index in [-0.39, 0.29) is 10.8 Å². The molecule has 0 radical (unpaired) electrons. The van der Waals surface area contributed by atoms with Crippen LogP contribution in [0.25, 0.3) is 0 Å². The molecule has 0 aliphatic carbocycles. The molecule has 5 heteroatoms. The zero-order valence-electron chi connectivity index (χ0n) is 13.5. The Kier molecular flexibility index (Phi) is 5.19. The van der Waals surface area contributed by atoms with Crippen molar-refractivity contribution in [2.24, 2.45) is 0 Å². The van der Waals surface area contributed by atoms with Crippen molar-refractivity contribution in [1.29, 1.82) is 0 Å². The van der Waals surface area contributed by atoms with Crippen molar-refractivity contribution in [3.8, 4) is 0 Å². The van der Waals surface area contributed by atoms with Gasteiger partial charge >= 0.3 is 4.87 Å². The number of carbonyl (C=O) groups is 1. The summed E-state index contributed by atoms with van der Waals surface area (Å²) < 4.78 is 1.67. The smallest absolute Gasteiger partial charge is 0.307 e. The van der Waals surface area contributed by atoms with Crippen LogP contribution >= 0.6 is 11.3 Å². The van der Waals surface area contributed by atoms with E-state index in [0.29, 0.717) is 19.5 Å². The molecule has 1 aromatic carbocycles. The van der Waals surface area contributed by atoms with E-state index >= 15 is 0 Å². The molecular weight excluding hydrogens is 296 g/mol. The Morgan fingerprint density at radius 3 is 2.59 bits per heavy atom. The third-order valence-corrected chi connectivity index (χ3v) is 4.68. The number of rotatable bonds is 5. The highest BCUT2D eigenvalue weighted by atomic mass is 32.1. The van der Waals surface area contributed by atoms with Gasteiger partial charge < -0.3 is 9.47 Å². The van der Waals surface area contributed by atoms with Crippen molar-refractivity contribution < 1.29 is 4.79 Å². The minimum Gasteiger partial charge on any atom is -0.312 e. The number of carbonyl (C=O) groups excluding carboxylic acids is 1. The van der Waals surface area contributed by atoms with Crippen LogP contribution < -0.4 is 9.77 Å². The number of amides is 1. The van der Waals surface area contributed by atoms with Gasteiger partial charge in [0.15, 0.2) is 0 Å². The van der Waals surface area contributed by atoms with Gasteiger partial charge in [-0.15, -0.1) is 0 Å². The Balaban J connectivity index is 2.16. The summed E-state index contributed by atoms with van der Waals surface area (Å²) in [5.41, 5.74) is 4.10. The standard InChI is InChI=1S/C17H22N2O2S/c1-5-18(15-10-12(2)6-7-13(15)3)16(20)8-9-19-14(4)11-22-17(19)21/h6-7,10-11H,5,8-9H2,1-4H3. The van der Waals surface area contributed by atoms with Gasteiger partial charge in [-0.1, -0.05) is 23.5 Å². The molecule has 1 heterocycles. The SMILES string of the molecule is CCN(C(=O)CCn1c(C)csc1=O)c1cc(C)ccc1C. The molecule has 0 atom stereocenters. The van der Waals surface area contributed by atoms with Crippen LogP contribution in [0.1, 0.15) is 30.2 Å². The third-order valence-electron chi connectivity index (χ3n) is 3.80. The number of aromatic nitrogens is 1. The summed E-state index contributed by atoms with van der Waals surface area (Å²) in [6, 6.07) is 6.12. The second kappa shape index (κ2) is 6.92. The lowest BCUT2D eigenvalue weighted by Gasteiger charge is -2.23.